The van der Waals surface area contributed by atoms with Crippen LogP contribution in [0, 0.1) is 17.8 Å². The average Bonchev–Trinajstić information content (AvgIpc) is 3.17. The fourth-order valence-corrected chi connectivity index (χ4v) is 7.29. The normalized spacial score (nSPS) is 40.2. The topological polar surface area (TPSA) is 178 Å². The first-order chi connectivity index (χ1) is 21.1. The molecule has 15 nitrogen and oxygen atoms in total. The van der Waals surface area contributed by atoms with Gasteiger partial charge in [0.05, 0.1) is 0 Å². The van der Waals surface area contributed by atoms with Crippen LogP contribution in [0.5, 0.6) is 0 Å². The van der Waals surface area contributed by atoms with Crippen molar-refractivity contribution in [2.75, 3.05) is 6.61 Å². The van der Waals surface area contributed by atoms with E-state index in [-0.39, 0.29) is 17.6 Å². The fourth-order valence-electron chi connectivity index (χ4n) is 7.29. The SMILES string of the molecule is CC(=O)OC1[C@H](OC(C)=O)OC(COC(=O)C2=C(C)[C@@H]3CC[C@@H](C)[C@@H]4CC[C@@]5(C)OO[C@@]34C(O2)O5)[C@@H](OC(C)=O)[C@@H]1OC(C)=O. The summed E-state index contributed by atoms with van der Waals surface area (Å²) in [6.07, 6.45) is -5.24. The molecule has 5 fully saturated rings. The third kappa shape index (κ3) is 6.27. The lowest BCUT2D eigenvalue weighted by atomic mass is 9.59. The average molecular weight is 641 g/mol. The Balaban J connectivity index is 1.41. The monoisotopic (exact) mass is 640 g/mol. The van der Waals surface area contributed by atoms with E-state index < -0.39 is 84.8 Å². The van der Waals surface area contributed by atoms with E-state index in [1.165, 1.54) is 0 Å². The Kier molecular flexibility index (Phi) is 9.19. The van der Waals surface area contributed by atoms with E-state index in [1.54, 1.807) is 13.8 Å². The van der Waals surface area contributed by atoms with Crippen LogP contribution < -0.4 is 0 Å². The molecule has 1 saturated carbocycles. The molecule has 15 heteroatoms. The Morgan fingerprint density at radius 1 is 0.822 bits per heavy atom. The van der Waals surface area contributed by atoms with Gasteiger partial charge >= 0.3 is 29.8 Å². The standard InChI is InChI=1S/C30H40O15/c1-13-8-9-20-14(2)22(42-28-30(20)19(13)10-11-29(7,43-28)44-45-30)26(35)36-12-21-23(37-15(3)31)24(38-16(4)32)25(39-17(5)33)27(41-21)40-18(6)34/h13,19-21,23-25,27-28H,8-12H2,1-7H3/t13-,19+,20+,21?,23-,24+,25?,27-,28?,29-,30-/m1/s1. The van der Waals surface area contributed by atoms with E-state index in [2.05, 4.69) is 6.92 Å². The zero-order valence-corrected chi connectivity index (χ0v) is 26.4. The van der Waals surface area contributed by atoms with Crippen molar-refractivity contribution >= 4 is 29.8 Å². The van der Waals surface area contributed by atoms with Crippen LogP contribution in [-0.4, -0.2) is 84.8 Å². The van der Waals surface area contributed by atoms with Gasteiger partial charge in [0.15, 0.2) is 17.8 Å². The highest BCUT2D eigenvalue weighted by Crippen LogP contribution is 2.60. The lowest BCUT2D eigenvalue weighted by Gasteiger charge is -2.57. The molecule has 0 aromatic carbocycles. The smallest absolute Gasteiger partial charge is 0.373 e. The number of fused-ring (bicyclic) bond motifs is 2. The Hall–Kier alpha value is -3.27. The summed E-state index contributed by atoms with van der Waals surface area (Å²) < 4.78 is 45.3. The number of rotatable bonds is 7. The molecule has 45 heavy (non-hydrogen) atoms. The predicted molar refractivity (Wildman–Crippen MR) is 145 cm³/mol. The minimum absolute atomic E-state index is 0.0608. The summed E-state index contributed by atoms with van der Waals surface area (Å²) in [6.45, 7) is 9.54. The Labute approximate surface area is 259 Å². The van der Waals surface area contributed by atoms with Gasteiger partial charge in [0, 0.05) is 46.0 Å². The van der Waals surface area contributed by atoms with Crippen molar-refractivity contribution in [3.8, 4) is 0 Å². The van der Waals surface area contributed by atoms with Crippen molar-refractivity contribution in [3.63, 3.8) is 0 Å². The maximum atomic E-state index is 13.6. The van der Waals surface area contributed by atoms with Crippen LogP contribution in [0.4, 0.5) is 0 Å². The molecule has 0 aromatic heterocycles. The molecule has 6 aliphatic rings. The summed E-state index contributed by atoms with van der Waals surface area (Å²) in [5.74, 6) is -5.05. The highest BCUT2D eigenvalue weighted by Gasteiger charge is 2.68. The van der Waals surface area contributed by atoms with E-state index >= 15 is 0 Å². The van der Waals surface area contributed by atoms with Crippen molar-refractivity contribution in [2.24, 2.45) is 17.8 Å². The molecule has 0 N–H and O–H groups in total. The van der Waals surface area contributed by atoms with Crippen LogP contribution in [0.3, 0.4) is 0 Å². The summed E-state index contributed by atoms with van der Waals surface area (Å²) in [7, 11) is 0. The molecule has 0 radical (unpaired) electrons. The molecular formula is C30H40O15. The molecule has 6 rings (SSSR count). The number of carbonyl (C=O) groups excluding carboxylic acids is 5. The van der Waals surface area contributed by atoms with Crippen molar-refractivity contribution in [3.05, 3.63) is 11.3 Å². The molecular weight excluding hydrogens is 600 g/mol. The number of hydrogen-bond acceptors (Lipinski definition) is 15. The zero-order chi connectivity index (χ0) is 32.8. The van der Waals surface area contributed by atoms with Gasteiger partial charge in [0.25, 0.3) is 0 Å². The second-order valence-electron chi connectivity index (χ2n) is 12.5. The van der Waals surface area contributed by atoms with Gasteiger partial charge in [-0.25, -0.2) is 14.6 Å². The quantitative estimate of drug-likeness (QED) is 0.224. The summed E-state index contributed by atoms with van der Waals surface area (Å²) in [6, 6.07) is 0. The zero-order valence-electron chi connectivity index (χ0n) is 26.4. The van der Waals surface area contributed by atoms with E-state index in [0.29, 0.717) is 24.3 Å². The third-order valence-corrected chi connectivity index (χ3v) is 9.17. The molecule has 1 spiro atoms. The van der Waals surface area contributed by atoms with Gasteiger partial charge in [0.1, 0.15) is 12.7 Å². The Bertz CT molecular complexity index is 1260. The molecule has 3 unspecified atom stereocenters. The van der Waals surface area contributed by atoms with Gasteiger partial charge in [-0.1, -0.05) is 6.92 Å². The van der Waals surface area contributed by atoms with E-state index in [9.17, 15) is 24.0 Å². The molecule has 1 aliphatic carbocycles. The summed E-state index contributed by atoms with van der Waals surface area (Å²) in [5.41, 5.74) is -0.327. The maximum Gasteiger partial charge on any atom is 0.373 e. The van der Waals surface area contributed by atoms with Crippen LogP contribution >= 0.6 is 0 Å². The molecule has 0 aromatic rings. The molecule has 11 atom stereocenters. The summed E-state index contributed by atoms with van der Waals surface area (Å²) >= 11 is 0. The molecule has 0 amide bonds. The lowest BCUT2D eigenvalue weighted by Crippen LogP contribution is -2.67. The number of hydrogen-bond donors (Lipinski definition) is 0. The predicted octanol–water partition coefficient (Wildman–Crippen LogP) is 2.13. The van der Waals surface area contributed by atoms with Gasteiger partial charge in [-0.2, -0.15) is 0 Å². The first-order valence-corrected chi connectivity index (χ1v) is 15.1. The Morgan fingerprint density at radius 3 is 2.09 bits per heavy atom. The summed E-state index contributed by atoms with van der Waals surface area (Å²) in [5, 5.41) is 0. The largest absolute Gasteiger partial charge is 0.457 e. The van der Waals surface area contributed by atoms with Crippen molar-refractivity contribution in [2.45, 2.75) is 123 Å². The molecule has 250 valence electrons. The van der Waals surface area contributed by atoms with Crippen LogP contribution in [-0.2, 0) is 71.6 Å². The maximum absolute atomic E-state index is 13.6. The van der Waals surface area contributed by atoms with Crippen LogP contribution in [0.15, 0.2) is 11.3 Å². The Morgan fingerprint density at radius 2 is 1.44 bits per heavy atom. The lowest BCUT2D eigenvalue weighted by molar-refractivity contribution is -0.556. The van der Waals surface area contributed by atoms with Crippen molar-refractivity contribution < 1.29 is 71.6 Å². The second-order valence-corrected chi connectivity index (χ2v) is 12.5. The number of carbonyl (C=O) groups is 5. The minimum Gasteiger partial charge on any atom is -0.457 e. The fraction of sp³-hybridized carbons (Fsp3) is 0.767. The van der Waals surface area contributed by atoms with Crippen LogP contribution in [0.2, 0.25) is 0 Å². The minimum atomic E-state index is -1.59. The molecule has 5 heterocycles. The third-order valence-electron chi connectivity index (χ3n) is 9.17. The van der Waals surface area contributed by atoms with Gasteiger partial charge < -0.3 is 37.9 Å². The van der Waals surface area contributed by atoms with Gasteiger partial charge in [-0.05, 0) is 44.6 Å². The van der Waals surface area contributed by atoms with Crippen LogP contribution in [0.25, 0.3) is 0 Å². The highest BCUT2D eigenvalue weighted by molar-refractivity contribution is 5.87. The van der Waals surface area contributed by atoms with Crippen molar-refractivity contribution in [1.29, 1.82) is 0 Å². The van der Waals surface area contributed by atoms with E-state index in [4.69, 9.17) is 47.7 Å². The van der Waals surface area contributed by atoms with Gasteiger partial charge in [-0.3, -0.25) is 19.2 Å². The number of esters is 5. The van der Waals surface area contributed by atoms with Gasteiger partial charge in [-0.15, -0.1) is 0 Å². The second kappa shape index (κ2) is 12.5. The first-order valence-electron chi connectivity index (χ1n) is 15.1. The molecule has 2 bridgehead atoms. The molecule has 5 aliphatic heterocycles. The first kappa shape index (κ1) is 33.1. The van der Waals surface area contributed by atoms with Crippen molar-refractivity contribution in [1.82, 2.24) is 0 Å². The van der Waals surface area contributed by atoms with E-state index in [0.717, 1.165) is 40.5 Å². The van der Waals surface area contributed by atoms with E-state index in [1.807, 2.05) is 0 Å². The molecule has 4 saturated heterocycles. The van der Waals surface area contributed by atoms with Crippen LogP contribution in [0.1, 0.15) is 74.1 Å². The van der Waals surface area contributed by atoms with Gasteiger partial charge in [0.2, 0.25) is 30.2 Å². The summed E-state index contributed by atoms with van der Waals surface area (Å²) in [4.78, 5) is 73.5. The number of ether oxygens (including phenoxy) is 8. The highest BCUT2D eigenvalue weighted by atomic mass is 17.3.